The zero-order valence-electron chi connectivity index (χ0n) is 61.3. The highest BCUT2D eigenvalue weighted by Gasteiger charge is 2.30. The summed E-state index contributed by atoms with van der Waals surface area (Å²) in [7, 11) is -9.90. The SMILES string of the molecule is CCCCCCCCCCCCCCCCCCCCCC(=O)O[C@H](COC(=O)CCCCCCCCCCCCCCCCC(C)C)COP(=O)(O)OC[C@@H](O)COP(=O)(O)OC[C@@H](COC(=O)CCCCCCCCCCC)OC(=O)CCCCCCCCC(C)C. The number of carbonyl (C=O) groups is 4. The van der Waals surface area contributed by atoms with E-state index in [1.807, 2.05) is 0 Å². The lowest BCUT2D eigenvalue weighted by atomic mass is 10.0. The molecule has 19 heteroatoms. The molecule has 0 radical (unpaired) electrons. The minimum atomic E-state index is -4.96. The zero-order valence-corrected chi connectivity index (χ0v) is 63.1. The fourth-order valence-electron chi connectivity index (χ4n) is 11.5. The van der Waals surface area contributed by atoms with Crippen LogP contribution in [0.5, 0.6) is 0 Å². The van der Waals surface area contributed by atoms with Crippen LogP contribution in [0.3, 0.4) is 0 Å². The minimum Gasteiger partial charge on any atom is -0.462 e. The van der Waals surface area contributed by atoms with Crippen molar-refractivity contribution < 1.29 is 80.2 Å². The summed E-state index contributed by atoms with van der Waals surface area (Å²) < 4.78 is 68.4. The highest BCUT2D eigenvalue weighted by atomic mass is 31.2. The van der Waals surface area contributed by atoms with E-state index in [-0.39, 0.29) is 25.7 Å². The van der Waals surface area contributed by atoms with Gasteiger partial charge in [-0.25, -0.2) is 9.13 Å². The molecule has 0 amide bonds. The lowest BCUT2D eigenvalue weighted by Gasteiger charge is -2.21. The number of aliphatic hydroxyl groups excluding tert-OH is 1. The molecular formula is C75H146O17P2. The van der Waals surface area contributed by atoms with Gasteiger partial charge in [0.25, 0.3) is 0 Å². The average Bonchev–Trinajstić information content (AvgIpc) is 1.32. The largest absolute Gasteiger partial charge is 0.472 e. The monoisotopic (exact) mass is 1380 g/mol. The average molecular weight is 1380 g/mol. The first kappa shape index (κ1) is 92.1. The summed E-state index contributed by atoms with van der Waals surface area (Å²) in [6.07, 6.45) is 54.4. The van der Waals surface area contributed by atoms with E-state index >= 15 is 0 Å². The number of ether oxygens (including phenoxy) is 4. The van der Waals surface area contributed by atoms with Crippen molar-refractivity contribution >= 4 is 39.5 Å². The number of rotatable bonds is 74. The van der Waals surface area contributed by atoms with Crippen LogP contribution in [0.4, 0.5) is 0 Å². The molecule has 0 saturated heterocycles. The summed E-state index contributed by atoms with van der Waals surface area (Å²) in [5, 5.41) is 10.6. The van der Waals surface area contributed by atoms with Crippen molar-refractivity contribution in [3.05, 3.63) is 0 Å². The van der Waals surface area contributed by atoms with Crippen LogP contribution >= 0.6 is 15.6 Å². The first-order chi connectivity index (χ1) is 45.4. The van der Waals surface area contributed by atoms with Crippen LogP contribution in [0, 0.1) is 11.8 Å². The zero-order chi connectivity index (χ0) is 69.3. The Labute approximate surface area is 575 Å². The molecule has 0 aromatic heterocycles. The number of hydrogen-bond donors (Lipinski definition) is 3. The molecule has 0 rings (SSSR count). The lowest BCUT2D eigenvalue weighted by Crippen LogP contribution is -2.30. The van der Waals surface area contributed by atoms with Crippen LogP contribution in [0.1, 0.15) is 388 Å². The van der Waals surface area contributed by atoms with Crippen molar-refractivity contribution in [1.29, 1.82) is 0 Å². The van der Waals surface area contributed by atoms with Crippen molar-refractivity contribution in [2.75, 3.05) is 39.6 Å². The third-order valence-electron chi connectivity index (χ3n) is 17.5. The molecule has 3 N–H and O–H groups in total. The van der Waals surface area contributed by atoms with Gasteiger partial charge in [0, 0.05) is 25.7 Å². The molecular weight excluding hydrogens is 1230 g/mol. The molecule has 0 aromatic rings. The molecule has 94 heavy (non-hydrogen) atoms. The van der Waals surface area contributed by atoms with Gasteiger partial charge in [-0.1, -0.05) is 337 Å². The van der Waals surface area contributed by atoms with Gasteiger partial charge in [-0.3, -0.25) is 37.3 Å². The molecule has 0 heterocycles. The van der Waals surface area contributed by atoms with Crippen LogP contribution in [-0.4, -0.2) is 96.7 Å². The Morgan fingerprint density at radius 1 is 0.287 bits per heavy atom. The van der Waals surface area contributed by atoms with Gasteiger partial charge < -0.3 is 33.8 Å². The molecule has 0 aromatic carbocycles. The fourth-order valence-corrected chi connectivity index (χ4v) is 13.1. The third-order valence-corrected chi connectivity index (χ3v) is 19.4. The maximum absolute atomic E-state index is 13.1. The second-order valence-corrected chi connectivity index (χ2v) is 30.9. The van der Waals surface area contributed by atoms with E-state index < -0.39 is 97.5 Å². The number of carbonyl (C=O) groups excluding carboxylic acids is 4. The summed E-state index contributed by atoms with van der Waals surface area (Å²) in [6.45, 7) is 9.50. The van der Waals surface area contributed by atoms with E-state index in [9.17, 15) is 43.2 Å². The van der Waals surface area contributed by atoms with E-state index in [4.69, 9.17) is 37.0 Å². The summed E-state index contributed by atoms with van der Waals surface area (Å²) >= 11 is 0. The fraction of sp³-hybridized carbons (Fsp3) is 0.947. The molecule has 0 aliphatic rings. The Balaban J connectivity index is 5.19. The van der Waals surface area contributed by atoms with Crippen molar-refractivity contribution in [1.82, 2.24) is 0 Å². The van der Waals surface area contributed by atoms with E-state index in [0.29, 0.717) is 31.6 Å². The predicted molar refractivity (Wildman–Crippen MR) is 381 cm³/mol. The van der Waals surface area contributed by atoms with Crippen molar-refractivity contribution in [2.45, 2.75) is 407 Å². The first-order valence-corrected chi connectivity index (χ1v) is 42.0. The number of esters is 4. The molecule has 0 saturated carbocycles. The van der Waals surface area contributed by atoms with E-state index in [1.165, 1.54) is 205 Å². The minimum absolute atomic E-state index is 0.102. The molecule has 0 spiro atoms. The van der Waals surface area contributed by atoms with Gasteiger partial charge in [0.15, 0.2) is 12.2 Å². The second-order valence-electron chi connectivity index (χ2n) is 28.0. The van der Waals surface area contributed by atoms with E-state index in [0.717, 1.165) is 95.8 Å². The molecule has 558 valence electrons. The number of aliphatic hydroxyl groups is 1. The van der Waals surface area contributed by atoms with Crippen molar-refractivity contribution in [3.8, 4) is 0 Å². The van der Waals surface area contributed by atoms with Gasteiger partial charge in [0.05, 0.1) is 26.4 Å². The van der Waals surface area contributed by atoms with Crippen LogP contribution in [0.2, 0.25) is 0 Å². The molecule has 2 unspecified atom stereocenters. The summed E-state index contributed by atoms with van der Waals surface area (Å²) in [6, 6.07) is 0. The molecule has 0 bridgehead atoms. The Kier molecular flexibility index (Phi) is 65.5. The lowest BCUT2D eigenvalue weighted by molar-refractivity contribution is -0.161. The highest BCUT2D eigenvalue weighted by Crippen LogP contribution is 2.45. The number of hydrogen-bond acceptors (Lipinski definition) is 15. The molecule has 0 aliphatic heterocycles. The number of unbranched alkanes of at least 4 members (excludes halogenated alkanes) is 44. The Morgan fingerprint density at radius 2 is 0.489 bits per heavy atom. The second kappa shape index (κ2) is 66.9. The Hall–Kier alpha value is -1.94. The van der Waals surface area contributed by atoms with Crippen LogP contribution in [0.25, 0.3) is 0 Å². The maximum Gasteiger partial charge on any atom is 0.472 e. The first-order valence-electron chi connectivity index (χ1n) is 39.0. The highest BCUT2D eigenvalue weighted by molar-refractivity contribution is 7.47. The number of phosphoric ester groups is 2. The van der Waals surface area contributed by atoms with Gasteiger partial charge in [0.1, 0.15) is 19.3 Å². The van der Waals surface area contributed by atoms with Crippen LogP contribution < -0.4 is 0 Å². The van der Waals surface area contributed by atoms with E-state index in [2.05, 4.69) is 41.5 Å². The van der Waals surface area contributed by atoms with Gasteiger partial charge >= 0.3 is 39.5 Å². The summed E-state index contributed by atoms with van der Waals surface area (Å²) in [5.41, 5.74) is 0. The maximum atomic E-state index is 13.1. The van der Waals surface area contributed by atoms with Gasteiger partial charge in [-0.05, 0) is 37.5 Å². The van der Waals surface area contributed by atoms with Crippen LogP contribution in [-0.2, 0) is 65.4 Å². The molecule has 17 nitrogen and oxygen atoms in total. The molecule has 0 fully saturated rings. The molecule has 5 atom stereocenters. The number of phosphoric acid groups is 2. The predicted octanol–water partition coefficient (Wildman–Crippen LogP) is 21.9. The van der Waals surface area contributed by atoms with Crippen LogP contribution in [0.15, 0.2) is 0 Å². The quantitative estimate of drug-likeness (QED) is 0.0222. The topological polar surface area (TPSA) is 237 Å². The standard InChI is InChI=1S/C75H146O17P2/c1-7-9-11-13-15-17-18-19-20-21-22-23-24-29-32-36-40-47-53-59-74(79)91-70(63-86-73(78)58-52-46-39-35-31-28-26-25-27-30-34-37-43-49-55-67(3)4)65-89-93(81,82)87-61-69(76)62-88-94(83,84)90-66-71(92-75(80)60-54-48-42-41-44-50-56-68(5)6)64-85-72(77)57-51-45-38-33-16-14-12-10-8-2/h67-71,76H,7-66H2,1-6H3,(H,81,82)(H,83,84)/t69-,70-,71-/m1/s1. The van der Waals surface area contributed by atoms with Crippen molar-refractivity contribution in [3.63, 3.8) is 0 Å². The third kappa shape index (κ3) is 68.6. The molecule has 0 aliphatic carbocycles. The Bertz CT molecular complexity index is 1820. The van der Waals surface area contributed by atoms with Gasteiger partial charge in [-0.2, -0.15) is 0 Å². The van der Waals surface area contributed by atoms with Gasteiger partial charge in [0.2, 0.25) is 0 Å². The smallest absolute Gasteiger partial charge is 0.462 e. The summed E-state index contributed by atoms with van der Waals surface area (Å²) in [4.78, 5) is 72.6. The summed E-state index contributed by atoms with van der Waals surface area (Å²) in [5.74, 6) is -0.654. The normalized spacial score (nSPS) is 14.0. The van der Waals surface area contributed by atoms with Gasteiger partial charge in [-0.15, -0.1) is 0 Å². The Morgan fingerprint density at radius 3 is 0.723 bits per heavy atom. The van der Waals surface area contributed by atoms with E-state index in [1.54, 1.807) is 0 Å². The van der Waals surface area contributed by atoms with Crippen molar-refractivity contribution in [2.24, 2.45) is 11.8 Å².